The molecule has 0 saturated heterocycles. The summed E-state index contributed by atoms with van der Waals surface area (Å²) in [6.45, 7) is 3.99. The number of benzene rings is 2. The maximum absolute atomic E-state index is 12.3. The average molecular weight is 363 g/mol. The molecule has 21 heavy (non-hydrogen) atoms. The molecule has 1 amide bonds. The Bertz CT molecular complexity index is 728. The molecule has 0 heterocycles. The van der Waals surface area contributed by atoms with Crippen LogP contribution < -0.4 is 11.1 Å². The quantitative estimate of drug-likeness (QED) is 0.812. The van der Waals surface area contributed by atoms with Gasteiger partial charge in [-0.2, -0.15) is 0 Å². The number of nitrogens with two attached hydrogens (primary N) is 1. The summed E-state index contributed by atoms with van der Waals surface area (Å²) in [5.74, 6) is -0.182. The Morgan fingerprint density at radius 1 is 1.14 bits per heavy atom. The fourth-order valence-electron chi connectivity index (χ4n) is 1.91. The van der Waals surface area contributed by atoms with Crippen molar-refractivity contribution in [3.05, 3.63) is 63.1 Å². The van der Waals surface area contributed by atoms with Gasteiger partial charge in [0, 0.05) is 15.6 Å². The molecule has 0 aliphatic carbocycles. The summed E-state index contributed by atoms with van der Waals surface area (Å²) in [7, 11) is 0. The fourth-order valence-corrected chi connectivity index (χ4v) is 2.44. The SMILES string of the molecule is Cc1ccc(C(=O)Nc2ccc(Br)cc2C(N)=S)cc1C. The second kappa shape index (κ2) is 6.37. The number of hydrogen-bond donors (Lipinski definition) is 2. The van der Waals surface area contributed by atoms with Crippen LogP contribution in [0.25, 0.3) is 0 Å². The summed E-state index contributed by atoms with van der Waals surface area (Å²) < 4.78 is 0.856. The number of thiocarbonyl (C=S) groups is 1. The zero-order chi connectivity index (χ0) is 15.6. The first-order chi connectivity index (χ1) is 9.88. The summed E-state index contributed by atoms with van der Waals surface area (Å²) in [4.78, 5) is 12.6. The van der Waals surface area contributed by atoms with Crippen molar-refractivity contribution in [3.8, 4) is 0 Å². The molecule has 0 saturated carbocycles. The van der Waals surface area contributed by atoms with Crippen LogP contribution in [0.1, 0.15) is 27.0 Å². The van der Waals surface area contributed by atoms with E-state index < -0.39 is 0 Å². The van der Waals surface area contributed by atoms with E-state index in [2.05, 4.69) is 21.2 Å². The second-order valence-corrected chi connectivity index (χ2v) is 6.16. The minimum absolute atomic E-state index is 0.182. The molecule has 0 unspecified atom stereocenters. The van der Waals surface area contributed by atoms with Crippen molar-refractivity contribution >= 4 is 44.7 Å². The van der Waals surface area contributed by atoms with Crippen LogP contribution in [0.4, 0.5) is 5.69 Å². The second-order valence-electron chi connectivity index (χ2n) is 4.81. The van der Waals surface area contributed by atoms with E-state index >= 15 is 0 Å². The Balaban J connectivity index is 2.31. The first kappa shape index (κ1) is 15.7. The van der Waals surface area contributed by atoms with Gasteiger partial charge < -0.3 is 11.1 Å². The van der Waals surface area contributed by atoms with Crippen LogP contribution in [0.2, 0.25) is 0 Å². The number of anilines is 1. The lowest BCUT2D eigenvalue weighted by Crippen LogP contribution is -2.17. The average Bonchev–Trinajstić information content (AvgIpc) is 2.43. The summed E-state index contributed by atoms with van der Waals surface area (Å²) in [5.41, 5.74) is 9.78. The maximum Gasteiger partial charge on any atom is 0.255 e. The molecule has 2 aromatic rings. The van der Waals surface area contributed by atoms with Gasteiger partial charge in [-0.1, -0.05) is 34.2 Å². The third-order valence-electron chi connectivity index (χ3n) is 3.26. The van der Waals surface area contributed by atoms with E-state index in [1.165, 1.54) is 0 Å². The number of halogens is 1. The molecule has 108 valence electrons. The molecule has 0 aromatic heterocycles. The third-order valence-corrected chi connectivity index (χ3v) is 3.98. The highest BCUT2D eigenvalue weighted by molar-refractivity contribution is 9.10. The molecule has 2 aromatic carbocycles. The third kappa shape index (κ3) is 3.68. The molecule has 3 nitrogen and oxygen atoms in total. The Hall–Kier alpha value is -1.72. The van der Waals surface area contributed by atoms with Crippen molar-refractivity contribution < 1.29 is 4.79 Å². The smallest absolute Gasteiger partial charge is 0.255 e. The molecular weight excluding hydrogens is 348 g/mol. The largest absolute Gasteiger partial charge is 0.389 e. The van der Waals surface area contributed by atoms with Crippen LogP contribution in [0.5, 0.6) is 0 Å². The Kier molecular flexibility index (Phi) is 4.75. The Morgan fingerprint density at radius 2 is 1.86 bits per heavy atom. The normalized spacial score (nSPS) is 10.2. The van der Waals surface area contributed by atoms with E-state index in [0.29, 0.717) is 16.8 Å². The van der Waals surface area contributed by atoms with E-state index in [-0.39, 0.29) is 10.9 Å². The van der Waals surface area contributed by atoms with Crippen LogP contribution in [0.15, 0.2) is 40.9 Å². The molecule has 0 radical (unpaired) electrons. The molecule has 0 aliphatic heterocycles. The van der Waals surface area contributed by atoms with Crippen molar-refractivity contribution in [2.45, 2.75) is 13.8 Å². The van der Waals surface area contributed by atoms with Crippen LogP contribution >= 0.6 is 28.1 Å². The van der Waals surface area contributed by atoms with Crippen molar-refractivity contribution in [2.24, 2.45) is 5.73 Å². The molecule has 0 aliphatic rings. The van der Waals surface area contributed by atoms with Crippen molar-refractivity contribution in [2.75, 3.05) is 5.32 Å². The number of carbonyl (C=O) groups excluding carboxylic acids is 1. The van der Waals surface area contributed by atoms with Crippen molar-refractivity contribution in [3.63, 3.8) is 0 Å². The van der Waals surface area contributed by atoms with Gasteiger partial charge in [-0.15, -0.1) is 0 Å². The zero-order valence-corrected chi connectivity index (χ0v) is 14.1. The van der Waals surface area contributed by atoms with Crippen LogP contribution in [0.3, 0.4) is 0 Å². The Labute approximate surface area is 137 Å². The van der Waals surface area contributed by atoms with Crippen molar-refractivity contribution in [1.29, 1.82) is 0 Å². The molecule has 2 rings (SSSR count). The number of amides is 1. The predicted octanol–water partition coefficient (Wildman–Crippen LogP) is 3.95. The minimum atomic E-state index is -0.182. The van der Waals surface area contributed by atoms with Crippen molar-refractivity contribution in [1.82, 2.24) is 0 Å². The molecule has 5 heteroatoms. The monoisotopic (exact) mass is 362 g/mol. The molecule has 0 spiro atoms. The lowest BCUT2D eigenvalue weighted by Gasteiger charge is -2.11. The van der Waals surface area contributed by atoms with Crippen LogP contribution in [-0.4, -0.2) is 10.9 Å². The van der Waals surface area contributed by atoms with E-state index in [1.807, 2.05) is 32.0 Å². The standard InChI is InChI=1S/C16H15BrN2OS/c1-9-3-4-11(7-10(9)2)16(20)19-14-6-5-12(17)8-13(14)15(18)21/h3-8H,1-2H3,(H2,18,21)(H,19,20). The van der Waals surface area contributed by atoms with E-state index in [9.17, 15) is 4.79 Å². The molecule has 3 N–H and O–H groups in total. The molecule has 0 bridgehead atoms. The first-order valence-electron chi connectivity index (χ1n) is 6.36. The number of nitrogens with one attached hydrogen (secondary N) is 1. The zero-order valence-electron chi connectivity index (χ0n) is 11.7. The lowest BCUT2D eigenvalue weighted by molar-refractivity contribution is 0.102. The van der Waals surface area contributed by atoms with Gasteiger partial charge in [0.05, 0.1) is 5.69 Å². The molecule has 0 atom stereocenters. The lowest BCUT2D eigenvalue weighted by atomic mass is 10.1. The Morgan fingerprint density at radius 3 is 2.48 bits per heavy atom. The van der Waals surface area contributed by atoms with Gasteiger partial charge in [-0.3, -0.25) is 4.79 Å². The highest BCUT2D eigenvalue weighted by atomic mass is 79.9. The summed E-state index contributed by atoms with van der Waals surface area (Å²) in [6.07, 6.45) is 0. The van der Waals surface area contributed by atoms with Crippen LogP contribution in [-0.2, 0) is 0 Å². The van der Waals surface area contributed by atoms with Gasteiger partial charge in [0.25, 0.3) is 5.91 Å². The fraction of sp³-hybridized carbons (Fsp3) is 0.125. The van der Waals surface area contributed by atoms with Gasteiger partial charge in [0.2, 0.25) is 0 Å². The van der Waals surface area contributed by atoms with Gasteiger partial charge in [0.1, 0.15) is 4.99 Å². The van der Waals surface area contributed by atoms with Gasteiger partial charge in [0.15, 0.2) is 0 Å². The number of aryl methyl sites for hydroxylation is 2. The van der Waals surface area contributed by atoms with Gasteiger partial charge in [-0.25, -0.2) is 0 Å². The van der Waals surface area contributed by atoms with Gasteiger partial charge >= 0.3 is 0 Å². The highest BCUT2D eigenvalue weighted by Crippen LogP contribution is 2.22. The highest BCUT2D eigenvalue weighted by Gasteiger charge is 2.11. The summed E-state index contributed by atoms with van der Waals surface area (Å²) in [6, 6.07) is 11.0. The van der Waals surface area contributed by atoms with E-state index in [4.69, 9.17) is 18.0 Å². The van der Waals surface area contributed by atoms with E-state index in [0.717, 1.165) is 15.6 Å². The van der Waals surface area contributed by atoms with E-state index in [1.54, 1.807) is 18.2 Å². The maximum atomic E-state index is 12.3. The number of carbonyl (C=O) groups is 1. The minimum Gasteiger partial charge on any atom is -0.389 e. The van der Waals surface area contributed by atoms with Gasteiger partial charge in [-0.05, 0) is 55.3 Å². The van der Waals surface area contributed by atoms with Crippen LogP contribution in [0, 0.1) is 13.8 Å². The first-order valence-corrected chi connectivity index (χ1v) is 7.56. The predicted molar refractivity (Wildman–Crippen MR) is 93.9 cm³/mol. The number of rotatable bonds is 3. The summed E-state index contributed by atoms with van der Waals surface area (Å²) >= 11 is 8.39. The topological polar surface area (TPSA) is 55.1 Å². The molecule has 0 fully saturated rings. The molecular formula is C16H15BrN2OS. The number of hydrogen-bond acceptors (Lipinski definition) is 2. The summed E-state index contributed by atoms with van der Waals surface area (Å²) in [5, 5.41) is 2.85.